The molecule has 0 aliphatic heterocycles. The fraction of sp³-hybridized carbons (Fsp3) is 0.0357. The molecule has 0 fully saturated rings. The molecular weight excluding hydrogens is 475 g/mol. The minimum Gasteiger partial charge on any atom is -0.488 e. The van der Waals surface area contributed by atoms with Crippen LogP contribution in [0.15, 0.2) is 107 Å². The third-order valence-electron chi connectivity index (χ3n) is 5.61. The number of benzene rings is 4. The van der Waals surface area contributed by atoms with E-state index < -0.39 is 4.92 Å². The molecule has 37 heavy (non-hydrogen) atoms. The number of ether oxygens (including phenoxy) is 1. The van der Waals surface area contributed by atoms with Crippen LogP contribution in [0.1, 0.15) is 11.1 Å². The molecule has 8 nitrogen and oxygen atoms in total. The Labute approximate surface area is 210 Å². The van der Waals surface area contributed by atoms with Gasteiger partial charge in [-0.25, -0.2) is 9.37 Å². The number of non-ortho nitro benzene ring substituents is 1. The summed E-state index contributed by atoms with van der Waals surface area (Å²) in [5, 5.41) is 16.2. The highest BCUT2D eigenvalue weighted by molar-refractivity contribution is 5.85. The lowest BCUT2D eigenvalue weighted by Crippen LogP contribution is -2.20. The Morgan fingerprint density at radius 3 is 2.46 bits per heavy atom. The van der Waals surface area contributed by atoms with Crippen molar-refractivity contribution in [2.75, 3.05) is 0 Å². The van der Waals surface area contributed by atoms with Crippen LogP contribution in [-0.4, -0.2) is 20.8 Å². The van der Waals surface area contributed by atoms with Crippen molar-refractivity contribution in [1.82, 2.24) is 9.66 Å². The van der Waals surface area contributed by atoms with Gasteiger partial charge >= 0.3 is 0 Å². The summed E-state index contributed by atoms with van der Waals surface area (Å²) in [5.74, 6) is 0.261. The van der Waals surface area contributed by atoms with Gasteiger partial charge in [0.15, 0.2) is 5.82 Å². The number of fused-ring (bicyclic) bond motifs is 1. The first-order valence-electron chi connectivity index (χ1n) is 11.3. The SMILES string of the molecule is O=c1c2ccccc2nc(-c2ccccc2)n1N=Cc1cc([N+](=O)[O-])ccc1OCc1ccc(F)cc1. The second-order valence-corrected chi connectivity index (χ2v) is 8.07. The minimum absolute atomic E-state index is 0.103. The van der Waals surface area contributed by atoms with Crippen molar-refractivity contribution >= 4 is 22.8 Å². The molecule has 0 unspecified atom stereocenters. The van der Waals surface area contributed by atoms with Gasteiger partial charge in [0, 0.05) is 23.3 Å². The Morgan fingerprint density at radius 1 is 0.973 bits per heavy atom. The molecule has 0 aliphatic rings. The molecule has 0 spiro atoms. The molecule has 0 saturated carbocycles. The van der Waals surface area contributed by atoms with Gasteiger partial charge in [-0.3, -0.25) is 14.9 Å². The van der Waals surface area contributed by atoms with E-state index in [-0.39, 0.29) is 29.2 Å². The quantitative estimate of drug-likeness (QED) is 0.167. The molecule has 0 aliphatic carbocycles. The fourth-order valence-electron chi connectivity index (χ4n) is 3.75. The fourth-order valence-corrected chi connectivity index (χ4v) is 3.75. The van der Waals surface area contributed by atoms with Gasteiger partial charge in [-0.15, -0.1) is 0 Å². The van der Waals surface area contributed by atoms with Gasteiger partial charge < -0.3 is 4.74 Å². The molecule has 1 heterocycles. The Morgan fingerprint density at radius 2 is 1.70 bits per heavy atom. The third-order valence-corrected chi connectivity index (χ3v) is 5.61. The predicted octanol–water partition coefficient (Wildman–Crippen LogP) is 5.57. The van der Waals surface area contributed by atoms with E-state index in [0.29, 0.717) is 33.6 Å². The number of halogens is 1. The zero-order valence-electron chi connectivity index (χ0n) is 19.3. The van der Waals surface area contributed by atoms with E-state index in [2.05, 4.69) is 10.1 Å². The number of para-hydroxylation sites is 1. The van der Waals surface area contributed by atoms with Crippen molar-refractivity contribution in [1.29, 1.82) is 0 Å². The van der Waals surface area contributed by atoms with Crippen LogP contribution in [0.3, 0.4) is 0 Å². The first kappa shape index (κ1) is 23.6. The number of aromatic nitrogens is 2. The summed E-state index contributed by atoms with van der Waals surface area (Å²) in [7, 11) is 0. The van der Waals surface area contributed by atoms with Crippen LogP contribution in [0.5, 0.6) is 5.75 Å². The molecule has 5 rings (SSSR count). The zero-order valence-corrected chi connectivity index (χ0v) is 19.3. The Hall–Kier alpha value is -5.18. The van der Waals surface area contributed by atoms with Crippen LogP contribution in [0.4, 0.5) is 10.1 Å². The molecule has 182 valence electrons. The van der Waals surface area contributed by atoms with E-state index in [1.165, 1.54) is 41.2 Å². The van der Waals surface area contributed by atoms with Gasteiger partial charge in [-0.2, -0.15) is 9.78 Å². The maximum absolute atomic E-state index is 13.4. The van der Waals surface area contributed by atoms with Crippen LogP contribution < -0.4 is 10.3 Å². The average Bonchev–Trinajstić information content (AvgIpc) is 2.93. The van der Waals surface area contributed by atoms with E-state index in [4.69, 9.17) is 4.74 Å². The highest BCUT2D eigenvalue weighted by Crippen LogP contribution is 2.25. The molecule has 5 aromatic rings. The summed E-state index contributed by atoms with van der Waals surface area (Å²) in [6.07, 6.45) is 1.33. The standard InChI is InChI=1S/C28H19FN4O4/c29-22-12-10-19(11-13-22)18-37-26-15-14-23(33(35)36)16-21(26)17-30-32-27(20-6-2-1-3-7-20)31-25-9-5-4-8-24(25)28(32)34/h1-17H,18H2. The highest BCUT2D eigenvalue weighted by atomic mass is 19.1. The Bertz CT molecular complexity index is 1680. The summed E-state index contributed by atoms with van der Waals surface area (Å²) < 4.78 is 20.3. The normalized spacial score (nSPS) is 11.2. The second kappa shape index (κ2) is 10.2. The largest absolute Gasteiger partial charge is 0.488 e. The predicted molar refractivity (Wildman–Crippen MR) is 138 cm³/mol. The second-order valence-electron chi connectivity index (χ2n) is 8.07. The van der Waals surface area contributed by atoms with Crippen LogP contribution in [0.2, 0.25) is 0 Å². The first-order valence-corrected chi connectivity index (χ1v) is 11.3. The molecule has 0 N–H and O–H groups in total. The van der Waals surface area contributed by atoms with Gasteiger partial charge in [0.05, 0.1) is 22.0 Å². The number of nitro benzene ring substituents is 1. The van der Waals surface area contributed by atoms with E-state index in [9.17, 15) is 19.3 Å². The van der Waals surface area contributed by atoms with Gasteiger partial charge in [0.2, 0.25) is 0 Å². The molecular formula is C28H19FN4O4. The molecule has 0 atom stereocenters. The van der Waals surface area contributed by atoms with E-state index in [1.54, 1.807) is 36.4 Å². The zero-order chi connectivity index (χ0) is 25.8. The summed E-state index contributed by atoms with van der Waals surface area (Å²) in [6.45, 7) is 0.103. The van der Waals surface area contributed by atoms with Crippen LogP contribution in [-0.2, 0) is 6.61 Å². The summed E-state index contributed by atoms with van der Waals surface area (Å²) >= 11 is 0. The molecule has 0 radical (unpaired) electrons. The van der Waals surface area contributed by atoms with Crippen molar-refractivity contribution in [3.05, 3.63) is 134 Å². The Kier molecular flexibility index (Phi) is 6.50. The lowest BCUT2D eigenvalue weighted by molar-refractivity contribution is -0.384. The number of nitrogens with zero attached hydrogens (tertiary/aromatic N) is 4. The maximum atomic E-state index is 13.4. The molecule has 0 amide bonds. The average molecular weight is 494 g/mol. The van der Waals surface area contributed by atoms with E-state index in [0.717, 1.165) is 0 Å². The van der Waals surface area contributed by atoms with Crippen LogP contribution in [0, 0.1) is 15.9 Å². The van der Waals surface area contributed by atoms with Crippen LogP contribution in [0.25, 0.3) is 22.3 Å². The van der Waals surface area contributed by atoms with Crippen molar-refractivity contribution < 1.29 is 14.1 Å². The molecule has 1 aromatic heterocycles. The smallest absolute Gasteiger partial charge is 0.282 e. The van der Waals surface area contributed by atoms with E-state index in [1.807, 2.05) is 30.3 Å². The Balaban J connectivity index is 1.59. The molecule has 4 aromatic carbocycles. The highest BCUT2D eigenvalue weighted by Gasteiger charge is 2.14. The minimum atomic E-state index is -0.528. The molecule has 0 saturated heterocycles. The van der Waals surface area contributed by atoms with E-state index >= 15 is 0 Å². The molecule has 9 heteroatoms. The summed E-state index contributed by atoms with van der Waals surface area (Å²) in [5.41, 5.74) is 1.65. The number of hydrogen-bond acceptors (Lipinski definition) is 6. The third kappa shape index (κ3) is 5.10. The van der Waals surface area contributed by atoms with Crippen molar-refractivity contribution in [2.24, 2.45) is 5.10 Å². The monoisotopic (exact) mass is 494 g/mol. The summed E-state index contributed by atoms with van der Waals surface area (Å²) in [4.78, 5) is 28.9. The van der Waals surface area contributed by atoms with Gasteiger partial charge in [-0.05, 0) is 35.9 Å². The maximum Gasteiger partial charge on any atom is 0.282 e. The molecule has 0 bridgehead atoms. The first-order chi connectivity index (χ1) is 18.0. The van der Waals surface area contributed by atoms with Crippen molar-refractivity contribution in [3.63, 3.8) is 0 Å². The van der Waals surface area contributed by atoms with Crippen LogP contribution >= 0.6 is 0 Å². The van der Waals surface area contributed by atoms with Crippen molar-refractivity contribution in [3.8, 4) is 17.1 Å². The van der Waals surface area contributed by atoms with Gasteiger partial charge in [-0.1, -0.05) is 54.6 Å². The van der Waals surface area contributed by atoms with Gasteiger partial charge in [0.25, 0.3) is 11.2 Å². The topological polar surface area (TPSA) is 99.6 Å². The lowest BCUT2D eigenvalue weighted by atomic mass is 10.2. The van der Waals surface area contributed by atoms with Gasteiger partial charge in [0.1, 0.15) is 18.2 Å². The lowest BCUT2D eigenvalue weighted by Gasteiger charge is -2.11. The number of hydrogen-bond donors (Lipinski definition) is 0. The summed E-state index contributed by atoms with van der Waals surface area (Å²) in [6, 6.07) is 26.0. The number of nitro groups is 1. The number of rotatable bonds is 7. The van der Waals surface area contributed by atoms with Crippen molar-refractivity contribution in [2.45, 2.75) is 6.61 Å².